The van der Waals surface area contributed by atoms with Crippen LogP contribution in [0.3, 0.4) is 0 Å². The minimum Gasteiger partial charge on any atom is -0.338 e. The Labute approximate surface area is 147 Å². The molecule has 1 atom stereocenters. The summed E-state index contributed by atoms with van der Waals surface area (Å²) in [5.41, 5.74) is 3.04. The molecule has 0 aliphatic carbocycles. The van der Waals surface area contributed by atoms with E-state index in [0.29, 0.717) is 11.5 Å². The minimum absolute atomic E-state index is 0.0915. The number of hydrogen-bond donors (Lipinski definition) is 0. The molecular weight excluding hydrogens is 312 g/mol. The van der Waals surface area contributed by atoms with Gasteiger partial charge in [0.25, 0.3) is 5.91 Å². The van der Waals surface area contributed by atoms with Crippen LogP contribution in [0.1, 0.15) is 28.8 Å². The zero-order valence-corrected chi connectivity index (χ0v) is 14.4. The van der Waals surface area contributed by atoms with Gasteiger partial charge >= 0.3 is 0 Å². The van der Waals surface area contributed by atoms with Gasteiger partial charge in [-0.15, -0.1) is 0 Å². The van der Waals surface area contributed by atoms with Crippen LogP contribution in [0.5, 0.6) is 0 Å². The number of carbonyl (C=O) groups is 1. The first kappa shape index (κ1) is 15.8. The number of aromatic nitrogens is 3. The van der Waals surface area contributed by atoms with Crippen molar-refractivity contribution in [3.05, 3.63) is 60.0 Å². The van der Waals surface area contributed by atoms with E-state index >= 15 is 0 Å². The van der Waals surface area contributed by atoms with Crippen molar-refractivity contribution in [2.45, 2.75) is 19.3 Å². The number of aryl methyl sites for hydroxylation is 1. The summed E-state index contributed by atoms with van der Waals surface area (Å²) >= 11 is 0. The molecule has 0 spiro atoms. The summed E-state index contributed by atoms with van der Waals surface area (Å²) in [6.45, 7) is 1.63. The predicted octanol–water partition coefficient (Wildman–Crippen LogP) is 3.06. The standard InChI is InChI=1S/C20H22N4O/c1-23-14-18(12-22-23)20(25)24-10-4-5-15(13-24)11-17-7-2-6-16-8-3-9-21-19(16)17/h2-3,6-9,12,14-15H,4-5,10-11,13H2,1H3/t15-/m1/s1. The number of hydrogen-bond acceptors (Lipinski definition) is 3. The Hall–Kier alpha value is -2.69. The number of pyridine rings is 1. The lowest BCUT2D eigenvalue weighted by molar-refractivity contribution is 0.0673. The normalized spacial score (nSPS) is 17.8. The number of likely N-dealkylation sites (tertiary alicyclic amines) is 1. The van der Waals surface area contributed by atoms with Gasteiger partial charge in [-0.25, -0.2) is 0 Å². The van der Waals surface area contributed by atoms with Crippen LogP contribution in [-0.2, 0) is 13.5 Å². The molecule has 1 aliphatic rings. The van der Waals surface area contributed by atoms with Gasteiger partial charge in [0.15, 0.2) is 0 Å². The largest absolute Gasteiger partial charge is 0.338 e. The Morgan fingerprint density at radius 3 is 3.00 bits per heavy atom. The average molecular weight is 334 g/mol. The molecule has 5 heteroatoms. The SMILES string of the molecule is Cn1cc(C(=O)N2CCC[C@H](Cc3cccc4cccnc34)C2)cn1. The fraction of sp³-hybridized carbons (Fsp3) is 0.350. The number of piperidine rings is 1. The molecule has 1 saturated heterocycles. The van der Waals surface area contributed by atoms with Crippen LogP contribution in [0.15, 0.2) is 48.9 Å². The van der Waals surface area contributed by atoms with E-state index < -0.39 is 0 Å². The Morgan fingerprint density at radius 1 is 1.28 bits per heavy atom. The van der Waals surface area contributed by atoms with E-state index in [9.17, 15) is 4.79 Å². The molecule has 1 aromatic carbocycles. The van der Waals surface area contributed by atoms with Crippen molar-refractivity contribution in [3.8, 4) is 0 Å². The number of fused-ring (bicyclic) bond motifs is 1. The van der Waals surface area contributed by atoms with Gasteiger partial charge in [-0.2, -0.15) is 5.10 Å². The van der Waals surface area contributed by atoms with Gasteiger partial charge in [-0.05, 0) is 36.8 Å². The molecule has 0 bridgehead atoms. The highest BCUT2D eigenvalue weighted by molar-refractivity contribution is 5.93. The quantitative estimate of drug-likeness (QED) is 0.740. The molecule has 3 aromatic rings. The molecule has 1 fully saturated rings. The predicted molar refractivity (Wildman–Crippen MR) is 97.3 cm³/mol. The van der Waals surface area contributed by atoms with Gasteiger partial charge in [-0.3, -0.25) is 14.5 Å². The summed E-state index contributed by atoms with van der Waals surface area (Å²) in [6, 6.07) is 10.4. The smallest absolute Gasteiger partial charge is 0.257 e. The molecule has 0 unspecified atom stereocenters. The molecule has 0 N–H and O–H groups in total. The lowest BCUT2D eigenvalue weighted by Gasteiger charge is -2.32. The van der Waals surface area contributed by atoms with Gasteiger partial charge in [0.05, 0.1) is 17.3 Å². The maximum atomic E-state index is 12.7. The molecular formula is C20H22N4O. The van der Waals surface area contributed by atoms with Crippen molar-refractivity contribution in [2.75, 3.05) is 13.1 Å². The highest BCUT2D eigenvalue weighted by Crippen LogP contribution is 2.25. The van der Waals surface area contributed by atoms with E-state index in [1.165, 1.54) is 10.9 Å². The van der Waals surface area contributed by atoms with E-state index in [-0.39, 0.29) is 5.91 Å². The molecule has 4 rings (SSSR count). The van der Waals surface area contributed by atoms with Gasteiger partial charge in [0, 0.05) is 37.9 Å². The van der Waals surface area contributed by atoms with Gasteiger partial charge in [0.2, 0.25) is 0 Å². The topological polar surface area (TPSA) is 51.0 Å². The summed E-state index contributed by atoms with van der Waals surface area (Å²) in [5, 5.41) is 5.29. The highest BCUT2D eigenvalue weighted by Gasteiger charge is 2.25. The van der Waals surface area contributed by atoms with E-state index in [2.05, 4.69) is 34.3 Å². The number of benzene rings is 1. The third-order valence-electron chi connectivity index (χ3n) is 4.98. The molecule has 3 heterocycles. The summed E-state index contributed by atoms with van der Waals surface area (Å²) in [6.07, 6.45) is 8.46. The molecule has 128 valence electrons. The first-order valence-electron chi connectivity index (χ1n) is 8.81. The molecule has 5 nitrogen and oxygen atoms in total. The molecule has 0 saturated carbocycles. The maximum Gasteiger partial charge on any atom is 0.257 e. The van der Waals surface area contributed by atoms with Crippen LogP contribution in [0.4, 0.5) is 0 Å². The van der Waals surface area contributed by atoms with Crippen molar-refractivity contribution in [2.24, 2.45) is 13.0 Å². The van der Waals surface area contributed by atoms with E-state index in [0.717, 1.165) is 37.9 Å². The van der Waals surface area contributed by atoms with Crippen molar-refractivity contribution in [1.82, 2.24) is 19.7 Å². The number of amides is 1. The maximum absolute atomic E-state index is 12.7. The summed E-state index contributed by atoms with van der Waals surface area (Å²) < 4.78 is 1.68. The lowest BCUT2D eigenvalue weighted by Crippen LogP contribution is -2.40. The Kier molecular flexibility index (Phi) is 4.22. The number of para-hydroxylation sites is 1. The first-order valence-corrected chi connectivity index (χ1v) is 8.81. The zero-order chi connectivity index (χ0) is 17.2. The van der Waals surface area contributed by atoms with E-state index in [1.54, 1.807) is 17.1 Å². The minimum atomic E-state index is 0.0915. The first-order chi connectivity index (χ1) is 12.2. The number of rotatable bonds is 3. The number of nitrogens with zero attached hydrogens (tertiary/aromatic N) is 4. The Morgan fingerprint density at radius 2 is 2.16 bits per heavy atom. The van der Waals surface area contributed by atoms with Crippen LogP contribution in [-0.4, -0.2) is 38.7 Å². The second-order valence-corrected chi connectivity index (χ2v) is 6.86. The summed E-state index contributed by atoms with van der Waals surface area (Å²) in [4.78, 5) is 19.2. The molecule has 1 amide bonds. The van der Waals surface area contributed by atoms with Crippen LogP contribution >= 0.6 is 0 Å². The molecule has 25 heavy (non-hydrogen) atoms. The van der Waals surface area contributed by atoms with Crippen LogP contribution in [0.25, 0.3) is 10.9 Å². The van der Waals surface area contributed by atoms with Crippen molar-refractivity contribution < 1.29 is 4.79 Å². The second-order valence-electron chi connectivity index (χ2n) is 6.86. The highest BCUT2D eigenvalue weighted by atomic mass is 16.2. The van der Waals surface area contributed by atoms with Crippen LogP contribution in [0, 0.1) is 5.92 Å². The fourth-order valence-electron chi connectivity index (χ4n) is 3.77. The average Bonchev–Trinajstić information content (AvgIpc) is 3.08. The Balaban J connectivity index is 1.50. The van der Waals surface area contributed by atoms with Crippen molar-refractivity contribution in [1.29, 1.82) is 0 Å². The third-order valence-corrected chi connectivity index (χ3v) is 4.98. The van der Waals surface area contributed by atoms with Gasteiger partial charge in [-0.1, -0.05) is 24.3 Å². The summed E-state index contributed by atoms with van der Waals surface area (Å²) in [7, 11) is 1.84. The van der Waals surface area contributed by atoms with E-state index in [1.807, 2.05) is 24.2 Å². The van der Waals surface area contributed by atoms with Gasteiger partial charge < -0.3 is 4.90 Å². The summed E-state index contributed by atoms with van der Waals surface area (Å²) in [5.74, 6) is 0.566. The van der Waals surface area contributed by atoms with Crippen molar-refractivity contribution in [3.63, 3.8) is 0 Å². The zero-order valence-electron chi connectivity index (χ0n) is 14.4. The van der Waals surface area contributed by atoms with Crippen molar-refractivity contribution >= 4 is 16.8 Å². The molecule has 2 aromatic heterocycles. The third kappa shape index (κ3) is 3.27. The van der Waals surface area contributed by atoms with Crippen LogP contribution in [0.2, 0.25) is 0 Å². The molecule has 0 radical (unpaired) electrons. The second kappa shape index (κ2) is 6.67. The van der Waals surface area contributed by atoms with E-state index in [4.69, 9.17) is 0 Å². The van der Waals surface area contributed by atoms with Crippen LogP contribution < -0.4 is 0 Å². The monoisotopic (exact) mass is 334 g/mol. The Bertz CT molecular complexity index is 896. The lowest BCUT2D eigenvalue weighted by atomic mass is 9.90. The van der Waals surface area contributed by atoms with Gasteiger partial charge in [0.1, 0.15) is 0 Å². The fourth-order valence-corrected chi connectivity index (χ4v) is 3.77. The number of carbonyl (C=O) groups excluding carboxylic acids is 1. The molecule has 1 aliphatic heterocycles.